The topological polar surface area (TPSA) is 122 Å². The molecule has 0 atom stereocenters. The first kappa shape index (κ1) is 18.9. The maximum atomic E-state index is 12.0. The van der Waals surface area contributed by atoms with Crippen molar-refractivity contribution in [2.45, 2.75) is 52.0 Å². The molecule has 146 valence electrons. The highest BCUT2D eigenvalue weighted by Gasteiger charge is 2.32. The quantitative estimate of drug-likeness (QED) is 0.683. The second-order valence-electron chi connectivity index (χ2n) is 7.30. The van der Waals surface area contributed by atoms with E-state index in [2.05, 4.69) is 26.0 Å². The second kappa shape index (κ2) is 8.24. The lowest BCUT2D eigenvalue weighted by atomic mass is 9.74. The number of hydrogen-bond acceptors (Lipinski definition) is 6. The minimum atomic E-state index is -0.373. The summed E-state index contributed by atoms with van der Waals surface area (Å²) >= 11 is 0. The predicted molar refractivity (Wildman–Crippen MR) is 97.2 cm³/mol. The van der Waals surface area contributed by atoms with Crippen molar-refractivity contribution in [3.05, 3.63) is 29.3 Å². The van der Waals surface area contributed by atoms with E-state index in [-0.39, 0.29) is 24.5 Å². The largest absolute Gasteiger partial charge is 0.449 e. The van der Waals surface area contributed by atoms with Gasteiger partial charge in [-0.2, -0.15) is 5.10 Å². The predicted octanol–water partition coefficient (Wildman–Crippen LogP) is 2.52. The van der Waals surface area contributed by atoms with Gasteiger partial charge >= 0.3 is 6.09 Å². The summed E-state index contributed by atoms with van der Waals surface area (Å²) in [5.41, 5.74) is 1.72. The van der Waals surface area contributed by atoms with Crippen LogP contribution in [0, 0.1) is 12.8 Å². The van der Waals surface area contributed by atoms with Gasteiger partial charge in [0.1, 0.15) is 5.76 Å². The zero-order valence-corrected chi connectivity index (χ0v) is 15.7. The van der Waals surface area contributed by atoms with Gasteiger partial charge in [0.05, 0.1) is 18.7 Å². The molecule has 1 aliphatic carbocycles. The maximum Gasteiger partial charge on any atom is 0.407 e. The van der Waals surface area contributed by atoms with Gasteiger partial charge in [0.15, 0.2) is 5.82 Å². The van der Waals surface area contributed by atoms with Crippen LogP contribution >= 0.6 is 0 Å². The van der Waals surface area contributed by atoms with Gasteiger partial charge in [-0.05, 0) is 39.5 Å². The Balaban J connectivity index is 1.40. The molecule has 0 spiro atoms. The molecule has 1 aliphatic rings. The second-order valence-corrected chi connectivity index (χ2v) is 7.30. The molecule has 0 radical (unpaired) electrons. The van der Waals surface area contributed by atoms with Crippen molar-refractivity contribution in [2.24, 2.45) is 5.92 Å². The number of alkyl carbamates (subject to hydrolysis) is 1. The number of hydrogen-bond donors (Lipinski definition) is 3. The van der Waals surface area contributed by atoms with Crippen LogP contribution in [0.5, 0.6) is 0 Å². The molecule has 9 heteroatoms. The van der Waals surface area contributed by atoms with E-state index >= 15 is 0 Å². The van der Waals surface area contributed by atoms with Crippen LogP contribution in [0.2, 0.25) is 0 Å². The first-order valence-electron chi connectivity index (χ1n) is 9.09. The number of aromatic nitrogens is 3. The number of rotatable bonds is 7. The van der Waals surface area contributed by atoms with Crippen LogP contribution in [-0.4, -0.2) is 40.0 Å². The van der Waals surface area contributed by atoms with Crippen molar-refractivity contribution in [1.29, 1.82) is 0 Å². The number of aryl methyl sites for hydroxylation is 1. The standard InChI is InChI=1S/C18H25N5O4/c1-10(2)19-18(25)26-9-12-5-13(6-12)15-8-16(22-21-15)20-17(24)7-14-4-11(3)23-27-14/h4,8,10,12-13H,5-7,9H2,1-3H3,(H,19,25)(H2,20,21,22,24). The van der Waals surface area contributed by atoms with Gasteiger partial charge in [0, 0.05) is 29.8 Å². The van der Waals surface area contributed by atoms with Crippen LogP contribution in [0.3, 0.4) is 0 Å². The van der Waals surface area contributed by atoms with Crippen LogP contribution in [0.4, 0.5) is 10.6 Å². The molecular weight excluding hydrogens is 350 g/mol. The molecule has 2 aromatic heterocycles. The molecule has 2 amide bonds. The van der Waals surface area contributed by atoms with Crippen LogP contribution in [0.1, 0.15) is 49.8 Å². The molecule has 0 aromatic carbocycles. The Kier molecular flexibility index (Phi) is 5.78. The van der Waals surface area contributed by atoms with E-state index in [4.69, 9.17) is 9.26 Å². The van der Waals surface area contributed by atoms with Gasteiger partial charge in [0.2, 0.25) is 5.91 Å². The number of carbonyl (C=O) groups is 2. The lowest BCUT2D eigenvalue weighted by Gasteiger charge is -2.34. The average Bonchev–Trinajstić information content (AvgIpc) is 3.14. The lowest BCUT2D eigenvalue weighted by molar-refractivity contribution is -0.115. The number of carbonyl (C=O) groups excluding carboxylic acids is 2. The Morgan fingerprint density at radius 3 is 2.81 bits per heavy atom. The van der Waals surface area contributed by atoms with E-state index in [1.807, 2.05) is 19.9 Å². The minimum absolute atomic E-state index is 0.0679. The van der Waals surface area contributed by atoms with Crippen LogP contribution in [-0.2, 0) is 16.0 Å². The number of ether oxygens (including phenoxy) is 1. The molecule has 0 bridgehead atoms. The average molecular weight is 375 g/mol. The van der Waals surface area contributed by atoms with Crippen LogP contribution < -0.4 is 10.6 Å². The number of nitrogens with zero attached hydrogens (tertiary/aromatic N) is 2. The van der Waals surface area contributed by atoms with Crippen molar-refractivity contribution >= 4 is 17.8 Å². The molecule has 2 heterocycles. The number of anilines is 1. The SMILES string of the molecule is Cc1cc(CC(=O)Nc2cc(C3CC(COC(=O)NC(C)C)C3)[nH]n2)on1. The highest BCUT2D eigenvalue weighted by atomic mass is 16.5. The molecule has 0 saturated heterocycles. The molecule has 1 fully saturated rings. The van der Waals surface area contributed by atoms with Gasteiger partial charge < -0.3 is 19.9 Å². The summed E-state index contributed by atoms with van der Waals surface area (Å²) in [6.45, 7) is 6.01. The maximum absolute atomic E-state index is 12.0. The van der Waals surface area contributed by atoms with Gasteiger partial charge in [-0.1, -0.05) is 5.16 Å². The summed E-state index contributed by atoms with van der Waals surface area (Å²) in [4.78, 5) is 23.5. The highest BCUT2D eigenvalue weighted by Crippen LogP contribution is 2.41. The van der Waals surface area contributed by atoms with Crippen LogP contribution in [0.25, 0.3) is 0 Å². The van der Waals surface area contributed by atoms with Gasteiger partial charge in [-0.3, -0.25) is 9.89 Å². The summed E-state index contributed by atoms with van der Waals surface area (Å²) in [5.74, 6) is 1.48. The minimum Gasteiger partial charge on any atom is -0.449 e. The van der Waals surface area contributed by atoms with E-state index in [9.17, 15) is 9.59 Å². The number of aromatic amines is 1. The fourth-order valence-electron chi connectivity index (χ4n) is 3.05. The summed E-state index contributed by atoms with van der Waals surface area (Å²) in [6.07, 6.45) is 1.58. The fourth-order valence-corrected chi connectivity index (χ4v) is 3.05. The smallest absolute Gasteiger partial charge is 0.407 e. The first-order chi connectivity index (χ1) is 12.9. The molecule has 2 aromatic rings. The summed E-state index contributed by atoms with van der Waals surface area (Å²) in [5, 5.41) is 16.3. The number of nitrogens with one attached hydrogen (secondary N) is 3. The molecule has 27 heavy (non-hydrogen) atoms. The summed E-state index contributed by atoms with van der Waals surface area (Å²) in [6, 6.07) is 3.64. The molecule has 3 rings (SSSR count). The Hall–Kier alpha value is -2.84. The van der Waals surface area contributed by atoms with Crippen molar-refractivity contribution < 1.29 is 18.8 Å². The molecule has 0 aliphatic heterocycles. The van der Waals surface area contributed by atoms with Crippen molar-refractivity contribution in [3.63, 3.8) is 0 Å². The van der Waals surface area contributed by atoms with E-state index in [0.717, 1.165) is 24.2 Å². The summed E-state index contributed by atoms with van der Waals surface area (Å²) in [7, 11) is 0. The zero-order chi connectivity index (χ0) is 19.4. The van der Waals surface area contributed by atoms with Gasteiger partial charge in [-0.25, -0.2) is 4.79 Å². The molecule has 9 nitrogen and oxygen atoms in total. The summed E-state index contributed by atoms with van der Waals surface area (Å²) < 4.78 is 10.2. The fraction of sp³-hybridized carbons (Fsp3) is 0.556. The Morgan fingerprint density at radius 1 is 1.37 bits per heavy atom. The Labute approximate surface area is 157 Å². The highest BCUT2D eigenvalue weighted by molar-refractivity contribution is 5.91. The van der Waals surface area contributed by atoms with Gasteiger partial charge in [0.25, 0.3) is 0 Å². The lowest BCUT2D eigenvalue weighted by Crippen LogP contribution is -2.34. The van der Waals surface area contributed by atoms with Crippen LogP contribution in [0.15, 0.2) is 16.7 Å². The third kappa shape index (κ3) is 5.32. The van der Waals surface area contributed by atoms with E-state index in [1.165, 1.54) is 0 Å². The molecule has 0 unspecified atom stereocenters. The zero-order valence-electron chi connectivity index (χ0n) is 15.7. The molecule has 1 saturated carbocycles. The monoisotopic (exact) mass is 375 g/mol. The number of amides is 2. The van der Waals surface area contributed by atoms with E-state index in [1.54, 1.807) is 13.0 Å². The number of H-pyrrole nitrogens is 1. The third-order valence-electron chi connectivity index (χ3n) is 4.41. The Bertz CT molecular complexity index is 791. The third-order valence-corrected chi connectivity index (χ3v) is 4.41. The van der Waals surface area contributed by atoms with Crippen molar-refractivity contribution in [3.8, 4) is 0 Å². The molecular formula is C18H25N5O4. The van der Waals surface area contributed by atoms with Gasteiger partial charge in [-0.15, -0.1) is 0 Å². The first-order valence-corrected chi connectivity index (χ1v) is 9.09. The van der Waals surface area contributed by atoms with Crippen molar-refractivity contribution in [2.75, 3.05) is 11.9 Å². The van der Waals surface area contributed by atoms with Crippen molar-refractivity contribution in [1.82, 2.24) is 20.7 Å². The molecule has 3 N–H and O–H groups in total. The Morgan fingerprint density at radius 2 is 2.15 bits per heavy atom. The normalized spacial score (nSPS) is 18.8. The van der Waals surface area contributed by atoms with E-state index in [0.29, 0.717) is 30.0 Å². The van der Waals surface area contributed by atoms with E-state index < -0.39 is 0 Å².